The first-order valence-corrected chi connectivity index (χ1v) is 16.4. The second kappa shape index (κ2) is 13.8. The number of nitrogens with zero attached hydrogens (tertiary/aromatic N) is 1. The van der Waals surface area contributed by atoms with Crippen LogP contribution in [0.15, 0.2) is 59.6 Å². The fourth-order valence-corrected chi connectivity index (χ4v) is 7.25. The molecule has 2 aromatic carbocycles. The van der Waals surface area contributed by atoms with Crippen molar-refractivity contribution in [1.82, 2.24) is 20.3 Å². The van der Waals surface area contributed by atoms with E-state index in [1.807, 2.05) is 30.3 Å². The summed E-state index contributed by atoms with van der Waals surface area (Å²) in [6.45, 7) is 9.51. The van der Waals surface area contributed by atoms with Crippen LogP contribution in [0.1, 0.15) is 64.1 Å². The van der Waals surface area contributed by atoms with Crippen molar-refractivity contribution < 1.29 is 27.5 Å². The molecule has 4 rings (SSSR count). The molecule has 1 saturated heterocycles. The molecule has 3 aromatic rings. The highest BCUT2D eigenvalue weighted by molar-refractivity contribution is 7.89. The van der Waals surface area contributed by atoms with Gasteiger partial charge >= 0.3 is 12.1 Å². The summed E-state index contributed by atoms with van der Waals surface area (Å²) in [5.41, 5.74) is 1.00. The lowest BCUT2D eigenvalue weighted by Crippen LogP contribution is -2.42. The summed E-state index contributed by atoms with van der Waals surface area (Å²) in [7, 11) is -3.98. The molecule has 1 aliphatic rings. The number of hydrogen-bond acceptors (Lipinski definition) is 8. The first kappa shape index (κ1) is 32.4. The van der Waals surface area contributed by atoms with Crippen molar-refractivity contribution in [2.75, 3.05) is 11.9 Å². The molecule has 1 unspecified atom stereocenters. The van der Waals surface area contributed by atoms with Crippen molar-refractivity contribution in [2.24, 2.45) is 0 Å². The molecule has 13 heteroatoms. The van der Waals surface area contributed by atoms with E-state index < -0.39 is 27.7 Å². The van der Waals surface area contributed by atoms with Crippen molar-refractivity contribution in [3.8, 4) is 10.4 Å². The van der Waals surface area contributed by atoms with E-state index in [1.54, 1.807) is 52.9 Å². The van der Waals surface area contributed by atoms with Gasteiger partial charge in [0.15, 0.2) is 0 Å². The lowest BCUT2D eigenvalue weighted by atomic mass is 10.1. The maximum atomic E-state index is 13.6. The zero-order valence-corrected chi connectivity index (χ0v) is 26.6. The summed E-state index contributed by atoms with van der Waals surface area (Å²) < 4.78 is 41.0. The molecule has 4 N–H and O–H groups in total. The van der Waals surface area contributed by atoms with Gasteiger partial charge in [0, 0.05) is 29.5 Å². The number of amides is 3. The topological polar surface area (TPSA) is 148 Å². The van der Waals surface area contributed by atoms with E-state index in [9.17, 15) is 18.0 Å². The number of hydrogen-bond donors (Lipinski definition) is 4. The summed E-state index contributed by atoms with van der Waals surface area (Å²) in [6.07, 6.45) is 2.01. The number of rotatable bonds is 9. The minimum Gasteiger partial charge on any atom is -0.447 e. The minimum atomic E-state index is -3.98. The number of alkyl carbamates (subject to hydrolysis) is 1. The quantitative estimate of drug-likeness (QED) is 0.242. The van der Waals surface area contributed by atoms with E-state index in [1.165, 1.54) is 17.4 Å². The van der Waals surface area contributed by atoms with Crippen LogP contribution in [0.4, 0.5) is 15.3 Å². The Bertz CT molecular complexity index is 1510. The Morgan fingerprint density at radius 1 is 1.12 bits per heavy atom. The zero-order chi connectivity index (χ0) is 31.2. The fraction of sp³-hybridized carbons (Fsp3) is 0.433. The Morgan fingerprint density at radius 3 is 2.51 bits per heavy atom. The van der Waals surface area contributed by atoms with Crippen LogP contribution in [-0.2, 0) is 26.0 Å². The molecule has 0 aliphatic carbocycles. The molecule has 232 valence electrons. The molecule has 0 saturated carbocycles. The van der Waals surface area contributed by atoms with Gasteiger partial charge in [-0.05, 0) is 65.2 Å². The number of urea groups is 1. The highest BCUT2D eigenvalue weighted by Gasteiger charge is 2.29. The first-order valence-electron chi connectivity index (χ1n) is 14.1. The van der Waals surface area contributed by atoms with Gasteiger partial charge in [0.2, 0.25) is 10.0 Å². The molecule has 1 aromatic heterocycles. The van der Waals surface area contributed by atoms with Crippen LogP contribution in [0.2, 0.25) is 0 Å². The normalized spacial score (nSPS) is 17.3. The van der Waals surface area contributed by atoms with Crippen molar-refractivity contribution in [2.45, 2.75) is 82.7 Å². The summed E-state index contributed by atoms with van der Waals surface area (Å²) in [6, 6.07) is 13.6. The molecule has 0 radical (unpaired) electrons. The SMILES string of the molecule is CC(C)OC(=O)N[C@H]1CCC(c2ncc(-c3ccc(NC(=O)NCc4ccccc4)cc3S(=O)(=O)NC(C)(C)C)s2)OC1. The number of sulfonamides is 1. The fourth-order valence-electron chi connectivity index (χ4n) is 4.47. The molecule has 1 fully saturated rings. The minimum absolute atomic E-state index is 0.0241. The number of benzene rings is 2. The van der Waals surface area contributed by atoms with Crippen LogP contribution < -0.4 is 20.7 Å². The smallest absolute Gasteiger partial charge is 0.407 e. The molecule has 0 spiro atoms. The lowest BCUT2D eigenvalue weighted by molar-refractivity contribution is -0.00533. The van der Waals surface area contributed by atoms with Crippen molar-refractivity contribution in [3.63, 3.8) is 0 Å². The van der Waals surface area contributed by atoms with Gasteiger partial charge in [-0.2, -0.15) is 0 Å². The molecular weight excluding hydrogens is 590 g/mol. The number of ether oxygens (including phenoxy) is 2. The van der Waals surface area contributed by atoms with Gasteiger partial charge in [-0.1, -0.05) is 36.4 Å². The number of aromatic nitrogens is 1. The molecule has 1 aliphatic heterocycles. The number of carbonyl (C=O) groups is 2. The van der Waals surface area contributed by atoms with Gasteiger partial charge in [0.1, 0.15) is 11.1 Å². The van der Waals surface area contributed by atoms with Gasteiger partial charge in [-0.25, -0.2) is 27.7 Å². The van der Waals surface area contributed by atoms with Gasteiger partial charge in [0.25, 0.3) is 0 Å². The molecule has 43 heavy (non-hydrogen) atoms. The molecular formula is C30H39N5O6S2. The number of anilines is 1. The Hall–Kier alpha value is -3.52. The van der Waals surface area contributed by atoms with E-state index in [4.69, 9.17) is 9.47 Å². The number of nitrogens with one attached hydrogen (secondary N) is 4. The summed E-state index contributed by atoms with van der Waals surface area (Å²) >= 11 is 1.35. The third kappa shape index (κ3) is 9.48. The van der Waals surface area contributed by atoms with Crippen LogP contribution in [0, 0.1) is 0 Å². The maximum absolute atomic E-state index is 13.6. The van der Waals surface area contributed by atoms with Crippen molar-refractivity contribution >= 4 is 39.2 Å². The summed E-state index contributed by atoms with van der Waals surface area (Å²) in [5, 5.41) is 9.06. The average molecular weight is 630 g/mol. The lowest BCUT2D eigenvalue weighted by Gasteiger charge is -2.28. The standard InChI is InChI=1S/C30H39N5O6S2/c1-19(2)41-29(37)34-22-12-14-24(40-18-22)27-31-17-25(42-27)23-13-11-21(15-26(23)43(38,39)35-30(3,4)5)33-28(36)32-16-20-9-7-6-8-10-20/h6-11,13,15,17,19,22,24,35H,12,14,16,18H2,1-5H3,(H,34,37)(H2,32,33,36)/t22-,24?/m0/s1. The molecule has 2 heterocycles. The molecule has 2 atom stereocenters. The molecule has 11 nitrogen and oxygen atoms in total. The Balaban J connectivity index is 1.50. The van der Waals surface area contributed by atoms with E-state index in [0.717, 1.165) is 5.56 Å². The Labute approximate surface area is 256 Å². The Morgan fingerprint density at radius 2 is 1.86 bits per heavy atom. The van der Waals surface area contributed by atoms with Crippen LogP contribution >= 0.6 is 11.3 Å². The summed E-state index contributed by atoms with van der Waals surface area (Å²) in [4.78, 5) is 29.7. The number of carbonyl (C=O) groups excluding carboxylic acids is 2. The van der Waals surface area contributed by atoms with E-state index in [2.05, 4.69) is 25.7 Å². The average Bonchev–Trinajstić information content (AvgIpc) is 3.41. The number of thiazole rings is 1. The van der Waals surface area contributed by atoms with Crippen LogP contribution in [0.25, 0.3) is 10.4 Å². The van der Waals surface area contributed by atoms with Gasteiger partial charge in [0.05, 0.1) is 28.5 Å². The monoisotopic (exact) mass is 629 g/mol. The maximum Gasteiger partial charge on any atom is 0.407 e. The second-order valence-electron chi connectivity index (χ2n) is 11.6. The third-order valence-corrected chi connectivity index (χ3v) is 9.19. The van der Waals surface area contributed by atoms with E-state index in [-0.39, 0.29) is 23.1 Å². The highest BCUT2D eigenvalue weighted by atomic mass is 32.2. The Kier molecular flexibility index (Phi) is 10.4. The zero-order valence-electron chi connectivity index (χ0n) is 25.0. The predicted molar refractivity (Wildman–Crippen MR) is 166 cm³/mol. The van der Waals surface area contributed by atoms with Crippen molar-refractivity contribution in [1.29, 1.82) is 0 Å². The van der Waals surface area contributed by atoms with Crippen molar-refractivity contribution in [3.05, 3.63) is 65.3 Å². The van der Waals surface area contributed by atoms with Gasteiger partial charge in [-0.15, -0.1) is 11.3 Å². The van der Waals surface area contributed by atoms with E-state index in [0.29, 0.717) is 47.1 Å². The predicted octanol–water partition coefficient (Wildman–Crippen LogP) is 5.56. The van der Waals surface area contributed by atoms with E-state index >= 15 is 0 Å². The third-order valence-electron chi connectivity index (χ3n) is 6.27. The summed E-state index contributed by atoms with van der Waals surface area (Å²) in [5.74, 6) is 0. The largest absolute Gasteiger partial charge is 0.447 e. The second-order valence-corrected chi connectivity index (χ2v) is 14.3. The molecule has 0 bridgehead atoms. The van der Waals surface area contributed by atoms with Crippen LogP contribution in [-0.4, -0.2) is 49.8 Å². The highest BCUT2D eigenvalue weighted by Crippen LogP contribution is 2.38. The van der Waals surface area contributed by atoms with Crippen LogP contribution in [0.3, 0.4) is 0 Å². The van der Waals surface area contributed by atoms with Gasteiger partial charge in [-0.3, -0.25) is 0 Å². The first-order chi connectivity index (χ1) is 20.3. The molecule has 3 amide bonds. The van der Waals surface area contributed by atoms with Gasteiger partial charge < -0.3 is 25.4 Å². The van der Waals surface area contributed by atoms with Crippen LogP contribution in [0.5, 0.6) is 0 Å².